The van der Waals surface area contributed by atoms with Crippen LogP contribution in [0.15, 0.2) is 36.0 Å². The van der Waals surface area contributed by atoms with Crippen LogP contribution in [0.25, 0.3) is 10.2 Å². The quantitative estimate of drug-likeness (QED) is 0.789. The average Bonchev–Trinajstić information content (AvgIpc) is 3.06. The van der Waals surface area contributed by atoms with Crippen LogP contribution in [0.5, 0.6) is 0 Å². The number of hydrogen-bond donors (Lipinski definition) is 1. The van der Waals surface area contributed by atoms with Gasteiger partial charge in [-0.2, -0.15) is 0 Å². The zero-order chi connectivity index (χ0) is 16.4. The molecule has 0 radical (unpaired) electrons. The van der Waals surface area contributed by atoms with Gasteiger partial charge in [0.2, 0.25) is 0 Å². The summed E-state index contributed by atoms with van der Waals surface area (Å²) in [6, 6.07) is 6.74. The molecule has 6 heteroatoms. The van der Waals surface area contributed by atoms with Crippen LogP contribution in [0.1, 0.15) is 24.2 Å². The van der Waals surface area contributed by atoms with Crippen LogP contribution in [-0.4, -0.2) is 39.0 Å². The fraction of sp³-hybridized carbons (Fsp3) is 0.389. The van der Waals surface area contributed by atoms with Crippen LogP contribution in [0.3, 0.4) is 0 Å². The molecule has 1 aliphatic heterocycles. The van der Waals surface area contributed by atoms with Gasteiger partial charge in [0.05, 0.1) is 5.39 Å². The monoisotopic (exact) mass is 339 g/mol. The van der Waals surface area contributed by atoms with Crippen molar-refractivity contribution in [2.24, 2.45) is 0 Å². The predicted molar refractivity (Wildman–Crippen MR) is 98.3 cm³/mol. The molecule has 1 aliphatic rings. The van der Waals surface area contributed by atoms with Gasteiger partial charge in [-0.15, -0.1) is 11.3 Å². The smallest absolute Gasteiger partial charge is 0.138 e. The van der Waals surface area contributed by atoms with E-state index in [4.69, 9.17) is 0 Å². The summed E-state index contributed by atoms with van der Waals surface area (Å²) in [4.78, 5) is 16.9. The molecule has 0 bridgehead atoms. The molecular weight excluding hydrogens is 318 g/mol. The number of thiophene rings is 1. The highest BCUT2D eigenvalue weighted by Gasteiger charge is 2.20. The van der Waals surface area contributed by atoms with E-state index in [1.807, 2.05) is 25.4 Å². The standard InChI is InChI=1S/C18H21N5S/c1-13-20-17(16-6-10-24-18(16)21-13)22-15-4-8-23(9-5-15)12-14-3-2-7-19-11-14/h2-3,6-7,10-11,15H,4-5,8-9,12H2,1H3,(H,20,21,22). The molecule has 24 heavy (non-hydrogen) atoms. The lowest BCUT2D eigenvalue weighted by Crippen LogP contribution is -2.38. The Morgan fingerprint density at radius 2 is 2.12 bits per heavy atom. The fourth-order valence-electron chi connectivity index (χ4n) is 3.25. The molecule has 0 aromatic carbocycles. The van der Waals surface area contributed by atoms with Crippen molar-refractivity contribution in [3.63, 3.8) is 0 Å². The minimum atomic E-state index is 0.479. The summed E-state index contributed by atoms with van der Waals surface area (Å²) in [6.45, 7) is 5.15. The number of nitrogens with one attached hydrogen (secondary N) is 1. The number of likely N-dealkylation sites (tertiary alicyclic amines) is 1. The van der Waals surface area contributed by atoms with Crippen LogP contribution in [0, 0.1) is 6.92 Å². The zero-order valence-electron chi connectivity index (χ0n) is 13.8. The van der Waals surface area contributed by atoms with Crippen molar-refractivity contribution in [2.75, 3.05) is 18.4 Å². The molecule has 0 aliphatic carbocycles. The van der Waals surface area contributed by atoms with E-state index in [1.54, 1.807) is 11.3 Å². The Morgan fingerprint density at radius 3 is 2.92 bits per heavy atom. The summed E-state index contributed by atoms with van der Waals surface area (Å²) in [5, 5.41) is 6.88. The lowest BCUT2D eigenvalue weighted by molar-refractivity contribution is 0.211. The number of rotatable bonds is 4. The number of nitrogens with zero attached hydrogens (tertiary/aromatic N) is 4. The number of pyridine rings is 1. The Balaban J connectivity index is 1.38. The van der Waals surface area contributed by atoms with Crippen LogP contribution in [-0.2, 0) is 6.54 Å². The van der Waals surface area contributed by atoms with Gasteiger partial charge in [-0.1, -0.05) is 6.07 Å². The maximum atomic E-state index is 4.62. The molecule has 4 rings (SSSR count). The highest BCUT2D eigenvalue weighted by molar-refractivity contribution is 7.16. The van der Waals surface area contributed by atoms with Gasteiger partial charge in [0.25, 0.3) is 0 Å². The van der Waals surface area contributed by atoms with E-state index < -0.39 is 0 Å². The Morgan fingerprint density at radius 1 is 1.25 bits per heavy atom. The van der Waals surface area contributed by atoms with Gasteiger partial charge in [0.1, 0.15) is 16.5 Å². The van der Waals surface area contributed by atoms with Crippen molar-refractivity contribution in [1.82, 2.24) is 19.9 Å². The number of aryl methyl sites for hydroxylation is 1. The Kier molecular flexibility index (Phi) is 4.40. The van der Waals surface area contributed by atoms with Gasteiger partial charge in [0.15, 0.2) is 0 Å². The first-order valence-electron chi connectivity index (χ1n) is 8.37. The summed E-state index contributed by atoms with van der Waals surface area (Å²) in [7, 11) is 0. The van der Waals surface area contributed by atoms with Crippen LogP contribution in [0.4, 0.5) is 5.82 Å². The zero-order valence-corrected chi connectivity index (χ0v) is 14.6. The van der Waals surface area contributed by atoms with Crippen molar-refractivity contribution in [1.29, 1.82) is 0 Å². The largest absolute Gasteiger partial charge is 0.367 e. The van der Waals surface area contributed by atoms with Crippen LogP contribution in [0.2, 0.25) is 0 Å². The van der Waals surface area contributed by atoms with Crippen molar-refractivity contribution >= 4 is 27.4 Å². The highest BCUT2D eigenvalue weighted by atomic mass is 32.1. The summed E-state index contributed by atoms with van der Waals surface area (Å²) < 4.78 is 0. The van der Waals surface area contributed by atoms with Gasteiger partial charge in [-0.25, -0.2) is 9.97 Å². The molecular formula is C18H21N5S. The van der Waals surface area contributed by atoms with Crippen molar-refractivity contribution < 1.29 is 0 Å². The van der Waals surface area contributed by atoms with E-state index in [9.17, 15) is 0 Å². The predicted octanol–water partition coefficient (Wildman–Crippen LogP) is 3.47. The van der Waals surface area contributed by atoms with Gasteiger partial charge < -0.3 is 5.32 Å². The number of anilines is 1. The summed E-state index contributed by atoms with van der Waals surface area (Å²) in [5.41, 5.74) is 1.29. The second kappa shape index (κ2) is 6.83. The topological polar surface area (TPSA) is 53.9 Å². The molecule has 3 aromatic rings. The number of fused-ring (bicyclic) bond motifs is 1. The lowest BCUT2D eigenvalue weighted by Gasteiger charge is -2.32. The second-order valence-corrected chi connectivity index (χ2v) is 7.21. The molecule has 0 spiro atoms. The first kappa shape index (κ1) is 15.5. The molecule has 4 heterocycles. The molecule has 124 valence electrons. The van der Waals surface area contributed by atoms with E-state index in [0.29, 0.717) is 6.04 Å². The number of aromatic nitrogens is 3. The first-order valence-corrected chi connectivity index (χ1v) is 9.25. The minimum absolute atomic E-state index is 0.479. The molecule has 1 fully saturated rings. The lowest BCUT2D eigenvalue weighted by atomic mass is 10.0. The molecule has 0 unspecified atom stereocenters. The van der Waals surface area contributed by atoms with Gasteiger partial charge in [0, 0.05) is 38.1 Å². The molecule has 0 amide bonds. The Bertz CT molecular complexity index is 809. The summed E-state index contributed by atoms with van der Waals surface area (Å²) in [5.74, 6) is 1.82. The average molecular weight is 339 g/mol. The van der Waals surface area contributed by atoms with E-state index in [1.165, 1.54) is 5.56 Å². The van der Waals surface area contributed by atoms with Crippen LogP contribution >= 0.6 is 11.3 Å². The van der Waals surface area contributed by atoms with Crippen molar-refractivity contribution in [3.05, 3.63) is 47.4 Å². The maximum absolute atomic E-state index is 4.62. The summed E-state index contributed by atoms with van der Waals surface area (Å²) >= 11 is 1.67. The van der Waals surface area contributed by atoms with Gasteiger partial charge in [-0.05, 0) is 42.8 Å². The highest BCUT2D eigenvalue weighted by Crippen LogP contribution is 2.27. The maximum Gasteiger partial charge on any atom is 0.138 e. The molecule has 1 N–H and O–H groups in total. The molecule has 1 saturated heterocycles. The van der Waals surface area contributed by atoms with Crippen molar-refractivity contribution in [3.8, 4) is 0 Å². The number of hydrogen-bond acceptors (Lipinski definition) is 6. The third-order valence-corrected chi connectivity index (χ3v) is 5.30. The minimum Gasteiger partial charge on any atom is -0.367 e. The Labute approximate surface area is 145 Å². The SMILES string of the molecule is Cc1nc(NC2CCN(Cc3cccnc3)CC2)c2ccsc2n1. The second-order valence-electron chi connectivity index (χ2n) is 6.31. The van der Waals surface area contributed by atoms with E-state index in [0.717, 1.165) is 54.3 Å². The third kappa shape index (κ3) is 3.39. The molecule has 5 nitrogen and oxygen atoms in total. The fourth-order valence-corrected chi connectivity index (χ4v) is 4.06. The molecule has 0 atom stereocenters. The number of piperidine rings is 1. The first-order chi connectivity index (χ1) is 11.8. The van der Waals surface area contributed by atoms with E-state index >= 15 is 0 Å². The third-order valence-electron chi connectivity index (χ3n) is 4.49. The van der Waals surface area contributed by atoms with E-state index in [-0.39, 0.29) is 0 Å². The van der Waals surface area contributed by atoms with Gasteiger partial charge >= 0.3 is 0 Å². The van der Waals surface area contributed by atoms with Crippen LogP contribution < -0.4 is 5.32 Å². The van der Waals surface area contributed by atoms with Crippen molar-refractivity contribution in [2.45, 2.75) is 32.4 Å². The molecule has 3 aromatic heterocycles. The normalized spacial score (nSPS) is 16.5. The summed E-state index contributed by atoms with van der Waals surface area (Å²) in [6.07, 6.45) is 6.06. The Hall–Kier alpha value is -2.05. The van der Waals surface area contributed by atoms with E-state index in [2.05, 4.69) is 42.7 Å². The van der Waals surface area contributed by atoms with Gasteiger partial charge in [-0.3, -0.25) is 9.88 Å². The molecule has 0 saturated carbocycles.